The van der Waals surface area contributed by atoms with Crippen LogP contribution in [0.15, 0.2) is 18.2 Å². The van der Waals surface area contributed by atoms with Gasteiger partial charge in [-0.2, -0.15) is 0 Å². The van der Waals surface area contributed by atoms with Gasteiger partial charge in [0.1, 0.15) is 5.82 Å². The van der Waals surface area contributed by atoms with E-state index in [0.717, 1.165) is 0 Å². The van der Waals surface area contributed by atoms with Gasteiger partial charge >= 0.3 is 0 Å². The maximum absolute atomic E-state index is 13.3. The van der Waals surface area contributed by atoms with Crippen LogP contribution >= 0.6 is 11.6 Å². The zero-order valence-electron chi connectivity index (χ0n) is 9.50. The van der Waals surface area contributed by atoms with E-state index in [2.05, 4.69) is 5.32 Å². The Balaban J connectivity index is 2.43. The summed E-state index contributed by atoms with van der Waals surface area (Å²) >= 11 is 5.64. The van der Waals surface area contributed by atoms with Gasteiger partial charge in [-0.1, -0.05) is 31.5 Å². The van der Waals surface area contributed by atoms with E-state index < -0.39 is 6.10 Å². The van der Waals surface area contributed by atoms with Crippen LogP contribution in [0.2, 0.25) is 5.02 Å². The normalized spacial score (nSPS) is 13.1. The fourth-order valence-electron chi connectivity index (χ4n) is 1.26. The van der Waals surface area contributed by atoms with Crippen LogP contribution in [0.1, 0.15) is 19.4 Å². The molecule has 0 heterocycles. The fourth-order valence-corrected chi connectivity index (χ4v) is 1.41. The molecular formula is C12H17ClFNO. The van der Waals surface area contributed by atoms with Gasteiger partial charge in [-0.25, -0.2) is 4.39 Å². The Morgan fingerprint density at radius 2 is 2.12 bits per heavy atom. The van der Waals surface area contributed by atoms with Crippen LogP contribution < -0.4 is 5.32 Å². The number of aliphatic hydroxyl groups is 1. The molecule has 2 nitrogen and oxygen atoms in total. The Kier molecular flexibility index (Phi) is 5.19. The highest BCUT2D eigenvalue weighted by atomic mass is 35.5. The van der Waals surface area contributed by atoms with Crippen molar-refractivity contribution in [2.75, 3.05) is 6.54 Å². The van der Waals surface area contributed by atoms with Crippen molar-refractivity contribution in [3.63, 3.8) is 0 Å². The van der Waals surface area contributed by atoms with E-state index in [-0.39, 0.29) is 11.7 Å². The minimum atomic E-state index is -0.407. The monoisotopic (exact) mass is 245 g/mol. The van der Waals surface area contributed by atoms with E-state index in [1.54, 1.807) is 12.1 Å². The molecule has 0 saturated heterocycles. The number of rotatable bonds is 5. The average molecular weight is 246 g/mol. The van der Waals surface area contributed by atoms with E-state index in [4.69, 9.17) is 11.6 Å². The SMILES string of the molecule is CC(C)C(O)CNCc1ccc(Cl)cc1F. The first-order valence-electron chi connectivity index (χ1n) is 5.33. The third kappa shape index (κ3) is 4.08. The molecule has 0 amide bonds. The Morgan fingerprint density at radius 1 is 1.44 bits per heavy atom. The second kappa shape index (κ2) is 6.18. The van der Waals surface area contributed by atoms with Crippen LogP contribution in [0.25, 0.3) is 0 Å². The first-order valence-corrected chi connectivity index (χ1v) is 5.71. The Labute approximate surface area is 100 Å². The molecule has 1 aromatic rings. The van der Waals surface area contributed by atoms with Crippen LogP contribution in [0.3, 0.4) is 0 Å². The van der Waals surface area contributed by atoms with Crippen molar-refractivity contribution in [2.45, 2.75) is 26.5 Å². The first kappa shape index (κ1) is 13.4. The number of nitrogens with one attached hydrogen (secondary N) is 1. The molecule has 0 bridgehead atoms. The Hall–Kier alpha value is -0.640. The zero-order valence-corrected chi connectivity index (χ0v) is 10.3. The van der Waals surface area contributed by atoms with Crippen molar-refractivity contribution >= 4 is 11.6 Å². The van der Waals surface area contributed by atoms with Crippen molar-refractivity contribution in [3.05, 3.63) is 34.6 Å². The second-order valence-corrected chi connectivity index (χ2v) is 4.61. The number of aliphatic hydroxyl groups excluding tert-OH is 1. The number of benzene rings is 1. The summed E-state index contributed by atoms with van der Waals surface area (Å²) in [5.74, 6) is -0.124. The molecule has 1 unspecified atom stereocenters. The lowest BCUT2D eigenvalue weighted by molar-refractivity contribution is 0.123. The molecule has 90 valence electrons. The van der Waals surface area contributed by atoms with Crippen LogP contribution in [-0.4, -0.2) is 17.8 Å². The van der Waals surface area contributed by atoms with Crippen molar-refractivity contribution in [1.29, 1.82) is 0 Å². The second-order valence-electron chi connectivity index (χ2n) is 4.18. The lowest BCUT2D eigenvalue weighted by Gasteiger charge is -2.15. The minimum absolute atomic E-state index is 0.197. The molecule has 1 aromatic carbocycles. The van der Waals surface area contributed by atoms with Gasteiger partial charge in [-0.3, -0.25) is 0 Å². The standard InChI is InChI=1S/C12H17ClFNO/c1-8(2)12(16)7-15-6-9-3-4-10(13)5-11(9)14/h3-5,8,12,15-16H,6-7H2,1-2H3. The zero-order chi connectivity index (χ0) is 12.1. The van der Waals surface area contributed by atoms with Crippen LogP contribution in [0.5, 0.6) is 0 Å². The molecule has 2 N–H and O–H groups in total. The van der Waals surface area contributed by atoms with Gasteiger partial charge in [0.2, 0.25) is 0 Å². The molecule has 16 heavy (non-hydrogen) atoms. The van der Waals surface area contributed by atoms with Crippen molar-refractivity contribution in [3.8, 4) is 0 Å². The van der Waals surface area contributed by atoms with E-state index in [9.17, 15) is 9.50 Å². The van der Waals surface area contributed by atoms with E-state index >= 15 is 0 Å². The lowest BCUT2D eigenvalue weighted by Crippen LogP contribution is -2.30. The summed E-state index contributed by atoms with van der Waals surface area (Å²) in [7, 11) is 0. The molecule has 0 saturated carbocycles. The molecular weight excluding hydrogens is 229 g/mol. The topological polar surface area (TPSA) is 32.3 Å². The number of hydrogen-bond donors (Lipinski definition) is 2. The van der Waals surface area contributed by atoms with Gasteiger partial charge in [0, 0.05) is 23.7 Å². The van der Waals surface area contributed by atoms with Gasteiger partial charge < -0.3 is 10.4 Å². The van der Waals surface area contributed by atoms with E-state index in [0.29, 0.717) is 23.7 Å². The Bertz CT molecular complexity index is 344. The molecule has 0 fully saturated rings. The highest BCUT2D eigenvalue weighted by Gasteiger charge is 2.09. The molecule has 0 aliphatic rings. The summed E-state index contributed by atoms with van der Waals surface area (Å²) in [6, 6.07) is 4.59. The highest BCUT2D eigenvalue weighted by molar-refractivity contribution is 6.30. The van der Waals surface area contributed by atoms with Crippen LogP contribution in [0, 0.1) is 11.7 Å². The molecule has 1 rings (SSSR count). The van der Waals surface area contributed by atoms with E-state index in [1.165, 1.54) is 6.07 Å². The van der Waals surface area contributed by atoms with E-state index in [1.807, 2.05) is 13.8 Å². The maximum Gasteiger partial charge on any atom is 0.129 e. The van der Waals surface area contributed by atoms with Gasteiger partial charge in [-0.15, -0.1) is 0 Å². The summed E-state index contributed by atoms with van der Waals surface area (Å²) in [5, 5.41) is 12.9. The van der Waals surface area contributed by atoms with Crippen molar-refractivity contribution < 1.29 is 9.50 Å². The van der Waals surface area contributed by atoms with Crippen molar-refractivity contribution in [2.24, 2.45) is 5.92 Å². The predicted molar refractivity (Wildman–Crippen MR) is 64.0 cm³/mol. The fraction of sp³-hybridized carbons (Fsp3) is 0.500. The van der Waals surface area contributed by atoms with Crippen LogP contribution in [-0.2, 0) is 6.54 Å². The largest absolute Gasteiger partial charge is 0.392 e. The molecule has 0 aromatic heterocycles. The highest BCUT2D eigenvalue weighted by Crippen LogP contribution is 2.14. The Morgan fingerprint density at radius 3 is 2.69 bits per heavy atom. The summed E-state index contributed by atoms with van der Waals surface area (Å²) in [4.78, 5) is 0. The molecule has 0 aliphatic heterocycles. The smallest absolute Gasteiger partial charge is 0.129 e. The summed E-state index contributed by atoms with van der Waals surface area (Å²) < 4.78 is 13.3. The van der Waals surface area contributed by atoms with Gasteiger partial charge in [-0.05, 0) is 18.1 Å². The molecule has 0 spiro atoms. The lowest BCUT2D eigenvalue weighted by atomic mass is 10.1. The summed E-state index contributed by atoms with van der Waals surface area (Å²) in [6.45, 7) is 4.73. The predicted octanol–water partition coefficient (Wildman–Crippen LogP) is 2.59. The van der Waals surface area contributed by atoms with Gasteiger partial charge in [0.25, 0.3) is 0 Å². The molecule has 0 radical (unpaired) electrons. The third-order valence-electron chi connectivity index (χ3n) is 2.45. The molecule has 1 atom stereocenters. The summed E-state index contributed by atoms with van der Waals surface area (Å²) in [5.41, 5.74) is 0.556. The van der Waals surface area contributed by atoms with Gasteiger partial charge in [0.15, 0.2) is 0 Å². The van der Waals surface area contributed by atoms with Crippen molar-refractivity contribution in [1.82, 2.24) is 5.32 Å². The quantitative estimate of drug-likeness (QED) is 0.836. The van der Waals surface area contributed by atoms with Gasteiger partial charge in [0.05, 0.1) is 6.10 Å². The maximum atomic E-state index is 13.3. The first-order chi connectivity index (χ1) is 7.50. The minimum Gasteiger partial charge on any atom is -0.392 e. The molecule has 4 heteroatoms. The summed E-state index contributed by atoms with van der Waals surface area (Å²) in [6.07, 6.45) is -0.407. The molecule has 0 aliphatic carbocycles. The number of hydrogen-bond acceptors (Lipinski definition) is 2. The van der Waals surface area contributed by atoms with Crippen LogP contribution in [0.4, 0.5) is 4.39 Å². The third-order valence-corrected chi connectivity index (χ3v) is 2.69. The number of halogens is 2. The average Bonchev–Trinajstić information content (AvgIpc) is 2.20.